The van der Waals surface area contributed by atoms with Crippen LogP contribution in [0.1, 0.15) is 40.0 Å². The molecule has 0 spiro atoms. The molecule has 24 heavy (non-hydrogen) atoms. The van der Waals surface area contributed by atoms with Crippen LogP contribution in [0.4, 0.5) is 0 Å². The van der Waals surface area contributed by atoms with Crippen LogP contribution >= 0.6 is 11.8 Å². The van der Waals surface area contributed by atoms with Gasteiger partial charge in [0.2, 0.25) is 5.91 Å². The summed E-state index contributed by atoms with van der Waals surface area (Å²) in [6.45, 7) is 9.41. The zero-order valence-electron chi connectivity index (χ0n) is 15.3. The number of nitrogens with zero attached hydrogens (tertiary/aromatic N) is 1. The van der Waals surface area contributed by atoms with Gasteiger partial charge in [-0.05, 0) is 56.5 Å². The summed E-state index contributed by atoms with van der Waals surface area (Å²) >= 11 is 1.95. The van der Waals surface area contributed by atoms with Gasteiger partial charge >= 0.3 is 0 Å². The molecule has 1 aromatic rings. The lowest BCUT2D eigenvalue weighted by Crippen LogP contribution is -2.45. The molecule has 1 heterocycles. The Kier molecular flexibility index (Phi) is 8.13. The molecule has 3 nitrogen and oxygen atoms in total. The number of carbonyl (C=O) groups excluding carboxylic acids is 1. The summed E-state index contributed by atoms with van der Waals surface area (Å²) in [7, 11) is 0. The summed E-state index contributed by atoms with van der Waals surface area (Å²) in [5.74, 6) is 2.03. The Hall–Kier alpha value is -1.00. The number of nitrogens with one attached hydrogen (secondary N) is 1. The van der Waals surface area contributed by atoms with Crippen molar-refractivity contribution >= 4 is 17.7 Å². The number of hydrogen-bond acceptors (Lipinski definition) is 3. The normalized spacial score (nSPS) is 20.1. The second-order valence-electron chi connectivity index (χ2n) is 7.20. The number of benzene rings is 1. The Morgan fingerprint density at radius 1 is 1.29 bits per heavy atom. The van der Waals surface area contributed by atoms with E-state index in [1.807, 2.05) is 25.6 Å². The molecular weight excluding hydrogens is 316 g/mol. The van der Waals surface area contributed by atoms with Gasteiger partial charge in [-0.25, -0.2) is 0 Å². The summed E-state index contributed by atoms with van der Waals surface area (Å²) in [6, 6.07) is 11.3. The molecule has 134 valence electrons. The summed E-state index contributed by atoms with van der Waals surface area (Å²) in [6.07, 6.45) is 3.70. The van der Waals surface area contributed by atoms with E-state index in [-0.39, 0.29) is 11.8 Å². The molecular formula is C20H32N2OS. The summed E-state index contributed by atoms with van der Waals surface area (Å²) in [4.78, 5) is 15.7. The molecule has 0 unspecified atom stereocenters. The average Bonchev–Trinajstić information content (AvgIpc) is 2.60. The van der Waals surface area contributed by atoms with Crippen molar-refractivity contribution in [1.82, 2.24) is 10.2 Å². The number of thioether (sulfide) groups is 1. The van der Waals surface area contributed by atoms with Crippen LogP contribution < -0.4 is 5.32 Å². The van der Waals surface area contributed by atoms with E-state index in [0.29, 0.717) is 12.0 Å². The van der Waals surface area contributed by atoms with Crippen LogP contribution in [0.25, 0.3) is 0 Å². The first-order valence-electron chi connectivity index (χ1n) is 9.26. The first-order valence-corrected chi connectivity index (χ1v) is 10.2. The van der Waals surface area contributed by atoms with Crippen LogP contribution in [-0.4, -0.2) is 42.2 Å². The first-order chi connectivity index (χ1) is 11.6. The Balaban J connectivity index is 1.69. The molecule has 1 fully saturated rings. The SMILES string of the molecule is CC(C)C(=O)NC[C@@H]1CCCN([C@H](C)CCSc2ccccc2)C1. The van der Waals surface area contributed by atoms with Gasteiger partial charge in [0.25, 0.3) is 0 Å². The molecule has 1 saturated heterocycles. The minimum atomic E-state index is 0.0821. The molecule has 0 aliphatic carbocycles. The third-order valence-electron chi connectivity index (χ3n) is 4.81. The molecule has 0 saturated carbocycles. The van der Waals surface area contributed by atoms with Crippen molar-refractivity contribution in [2.24, 2.45) is 11.8 Å². The van der Waals surface area contributed by atoms with E-state index in [9.17, 15) is 4.79 Å². The fraction of sp³-hybridized carbons (Fsp3) is 0.650. The van der Waals surface area contributed by atoms with E-state index in [4.69, 9.17) is 0 Å². The van der Waals surface area contributed by atoms with Crippen LogP contribution in [0.15, 0.2) is 35.2 Å². The summed E-state index contributed by atoms with van der Waals surface area (Å²) < 4.78 is 0. The highest BCUT2D eigenvalue weighted by atomic mass is 32.2. The van der Waals surface area contributed by atoms with Crippen molar-refractivity contribution in [2.75, 3.05) is 25.4 Å². The number of rotatable bonds is 8. The van der Waals surface area contributed by atoms with Crippen molar-refractivity contribution in [3.63, 3.8) is 0 Å². The predicted molar refractivity (Wildman–Crippen MR) is 103 cm³/mol. The van der Waals surface area contributed by atoms with Gasteiger partial charge < -0.3 is 10.2 Å². The Bertz CT molecular complexity index is 492. The molecule has 1 aliphatic heterocycles. The second-order valence-corrected chi connectivity index (χ2v) is 8.37. The smallest absolute Gasteiger partial charge is 0.222 e. The van der Waals surface area contributed by atoms with Crippen molar-refractivity contribution in [3.05, 3.63) is 30.3 Å². The quantitative estimate of drug-likeness (QED) is 0.720. The van der Waals surface area contributed by atoms with Gasteiger partial charge in [0.1, 0.15) is 0 Å². The van der Waals surface area contributed by atoms with Crippen LogP contribution in [-0.2, 0) is 4.79 Å². The number of hydrogen-bond donors (Lipinski definition) is 1. The van der Waals surface area contributed by atoms with Crippen LogP contribution in [0.5, 0.6) is 0 Å². The lowest BCUT2D eigenvalue weighted by molar-refractivity contribution is -0.124. The van der Waals surface area contributed by atoms with E-state index < -0.39 is 0 Å². The number of amides is 1. The van der Waals surface area contributed by atoms with Crippen LogP contribution in [0, 0.1) is 11.8 Å². The minimum Gasteiger partial charge on any atom is -0.356 e. The van der Waals surface area contributed by atoms with Gasteiger partial charge in [0.15, 0.2) is 0 Å². The monoisotopic (exact) mass is 348 g/mol. The molecule has 1 aromatic carbocycles. The minimum absolute atomic E-state index is 0.0821. The van der Waals surface area contributed by atoms with Gasteiger partial charge in [-0.2, -0.15) is 0 Å². The highest BCUT2D eigenvalue weighted by Gasteiger charge is 2.23. The standard InChI is InChI=1S/C20H32N2OS/c1-16(2)20(23)21-14-18-8-7-12-22(15-18)17(3)11-13-24-19-9-5-4-6-10-19/h4-6,9-10,16-18H,7-8,11-15H2,1-3H3,(H,21,23)/t17-,18+/m1/s1. The van der Waals surface area contributed by atoms with Crippen molar-refractivity contribution < 1.29 is 4.79 Å². The molecule has 1 amide bonds. The maximum Gasteiger partial charge on any atom is 0.222 e. The maximum atomic E-state index is 11.7. The number of likely N-dealkylation sites (tertiary alicyclic amines) is 1. The van der Waals surface area contributed by atoms with Crippen molar-refractivity contribution in [3.8, 4) is 0 Å². The van der Waals surface area contributed by atoms with Crippen molar-refractivity contribution in [2.45, 2.75) is 51.0 Å². The highest BCUT2D eigenvalue weighted by molar-refractivity contribution is 7.99. The molecule has 0 bridgehead atoms. The van der Waals surface area contributed by atoms with Gasteiger partial charge in [-0.15, -0.1) is 11.8 Å². The third-order valence-corrected chi connectivity index (χ3v) is 5.86. The van der Waals surface area contributed by atoms with Gasteiger partial charge in [-0.3, -0.25) is 4.79 Å². The van der Waals surface area contributed by atoms with E-state index in [1.165, 1.54) is 30.7 Å². The fourth-order valence-corrected chi connectivity index (χ4v) is 4.20. The molecule has 2 rings (SSSR count). The highest BCUT2D eigenvalue weighted by Crippen LogP contribution is 2.23. The molecule has 1 aliphatic rings. The van der Waals surface area contributed by atoms with Crippen LogP contribution in [0.3, 0.4) is 0 Å². The van der Waals surface area contributed by atoms with Crippen molar-refractivity contribution in [1.29, 1.82) is 0 Å². The predicted octanol–water partition coefficient (Wildman–Crippen LogP) is 4.04. The molecule has 2 atom stereocenters. The molecule has 1 N–H and O–H groups in total. The Morgan fingerprint density at radius 2 is 2.04 bits per heavy atom. The van der Waals surface area contributed by atoms with E-state index in [1.54, 1.807) is 0 Å². The third kappa shape index (κ3) is 6.48. The summed E-state index contributed by atoms with van der Waals surface area (Å²) in [5.41, 5.74) is 0. The largest absolute Gasteiger partial charge is 0.356 e. The van der Waals surface area contributed by atoms with E-state index in [0.717, 1.165) is 18.8 Å². The van der Waals surface area contributed by atoms with Gasteiger partial charge in [0, 0.05) is 29.9 Å². The molecule has 0 aromatic heterocycles. The lowest BCUT2D eigenvalue weighted by atomic mass is 9.96. The zero-order chi connectivity index (χ0) is 17.4. The van der Waals surface area contributed by atoms with E-state index >= 15 is 0 Å². The van der Waals surface area contributed by atoms with Gasteiger partial charge in [0.05, 0.1) is 0 Å². The first kappa shape index (κ1) is 19.3. The van der Waals surface area contributed by atoms with Crippen LogP contribution in [0.2, 0.25) is 0 Å². The number of carbonyl (C=O) groups is 1. The molecule has 0 radical (unpaired) electrons. The summed E-state index contributed by atoms with van der Waals surface area (Å²) in [5, 5.41) is 3.11. The fourth-order valence-electron chi connectivity index (χ4n) is 3.16. The second kappa shape index (κ2) is 10.1. The average molecular weight is 349 g/mol. The number of piperidine rings is 1. The lowest BCUT2D eigenvalue weighted by Gasteiger charge is -2.37. The topological polar surface area (TPSA) is 32.3 Å². The maximum absolute atomic E-state index is 11.7. The Morgan fingerprint density at radius 3 is 2.75 bits per heavy atom. The zero-order valence-corrected chi connectivity index (χ0v) is 16.1. The van der Waals surface area contributed by atoms with E-state index in [2.05, 4.69) is 47.5 Å². The molecule has 4 heteroatoms. The Labute approximate surface area is 151 Å². The van der Waals surface area contributed by atoms with Gasteiger partial charge in [-0.1, -0.05) is 32.0 Å².